The van der Waals surface area contributed by atoms with Gasteiger partial charge in [-0.3, -0.25) is 14.9 Å². The molecule has 0 aromatic carbocycles. The molecular weight excluding hydrogens is 244 g/mol. The molecule has 2 amide bonds. The fourth-order valence-corrected chi connectivity index (χ4v) is 1.81. The summed E-state index contributed by atoms with van der Waals surface area (Å²) in [7, 11) is 0. The predicted molar refractivity (Wildman–Crippen MR) is 61.7 cm³/mol. The summed E-state index contributed by atoms with van der Waals surface area (Å²) in [6.07, 6.45) is 1.31. The maximum absolute atomic E-state index is 11.5. The Balaban J connectivity index is 2.41. The molecule has 1 fully saturated rings. The lowest BCUT2D eigenvalue weighted by molar-refractivity contribution is -0.132. The number of nitrogens with one attached hydrogen (secondary N) is 1. The highest BCUT2D eigenvalue weighted by Crippen LogP contribution is 2.24. The van der Waals surface area contributed by atoms with E-state index in [1.54, 1.807) is 18.7 Å². The molecule has 1 aliphatic rings. The van der Waals surface area contributed by atoms with Crippen molar-refractivity contribution in [1.29, 1.82) is 0 Å². The van der Waals surface area contributed by atoms with Crippen molar-refractivity contribution in [3.63, 3.8) is 0 Å². The van der Waals surface area contributed by atoms with Gasteiger partial charge < -0.3 is 4.90 Å². The molecule has 90 valence electrons. The molecule has 0 saturated carbocycles. The number of anilines is 1. The van der Waals surface area contributed by atoms with Crippen LogP contribution in [-0.2, 0) is 9.59 Å². The zero-order valence-electron chi connectivity index (χ0n) is 9.40. The Morgan fingerprint density at radius 2 is 2.18 bits per heavy atom. The van der Waals surface area contributed by atoms with Crippen LogP contribution in [0.4, 0.5) is 5.82 Å². The van der Waals surface area contributed by atoms with Gasteiger partial charge in [-0.25, -0.2) is 9.97 Å². The minimum Gasteiger partial charge on any atom is -0.335 e. The molecule has 1 N–H and O–H groups in total. The van der Waals surface area contributed by atoms with E-state index in [0.717, 1.165) is 0 Å². The zero-order chi connectivity index (χ0) is 12.6. The van der Waals surface area contributed by atoms with Crippen molar-refractivity contribution >= 4 is 29.2 Å². The van der Waals surface area contributed by atoms with Crippen LogP contribution in [0.25, 0.3) is 0 Å². The van der Waals surface area contributed by atoms with Gasteiger partial charge in [0.2, 0.25) is 11.8 Å². The molecule has 17 heavy (non-hydrogen) atoms. The first-order chi connectivity index (χ1) is 8.00. The lowest BCUT2D eigenvalue weighted by Crippen LogP contribution is -2.57. The van der Waals surface area contributed by atoms with Crippen molar-refractivity contribution < 1.29 is 9.59 Å². The van der Waals surface area contributed by atoms with Crippen LogP contribution in [0.15, 0.2) is 6.33 Å². The first-order valence-electron chi connectivity index (χ1n) is 5.08. The first-order valence-corrected chi connectivity index (χ1v) is 5.46. The second kappa shape index (κ2) is 4.29. The van der Waals surface area contributed by atoms with Crippen LogP contribution < -0.4 is 10.2 Å². The van der Waals surface area contributed by atoms with Gasteiger partial charge in [0.25, 0.3) is 0 Å². The molecule has 6 nitrogen and oxygen atoms in total. The van der Waals surface area contributed by atoms with Crippen LogP contribution in [0.5, 0.6) is 0 Å². The quantitative estimate of drug-likeness (QED) is 0.576. The van der Waals surface area contributed by atoms with E-state index < -0.39 is 6.04 Å². The van der Waals surface area contributed by atoms with Gasteiger partial charge >= 0.3 is 0 Å². The normalized spacial score (nSPS) is 20.4. The Bertz CT molecular complexity index is 491. The number of aromatic nitrogens is 2. The second-order valence-corrected chi connectivity index (χ2v) is 4.19. The molecule has 7 heteroatoms. The average Bonchev–Trinajstić information content (AvgIpc) is 2.27. The van der Waals surface area contributed by atoms with E-state index in [1.165, 1.54) is 6.33 Å². The first kappa shape index (κ1) is 11.8. The van der Waals surface area contributed by atoms with Gasteiger partial charge in [-0.05, 0) is 13.8 Å². The van der Waals surface area contributed by atoms with Crippen molar-refractivity contribution in [2.75, 3.05) is 11.4 Å². The zero-order valence-corrected chi connectivity index (χ0v) is 10.2. The Kier molecular flexibility index (Phi) is 2.97. The predicted octanol–water partition coefficient (Wildman–Crippen LogP) is 0.290. The topological polar surface area (TPSA) is 75.2 Å². The van der Waals surface area contributed by atoms with Crippen LogP contribution in [-0.4, -0.2) is 34.4 Å². The number of carbonyl (C=O) groups is 2. The largest absolute Gasteiger partial charge is 0.335 e. The Hall–Kier alpha value is -1.69. The summed E-state index contributed by atoms with van der Waals surface area (Å²) in [6, 6.07) is -0.461. The van der Waals surface area contributed by atoms with E-state index >= 15 is 0 Å². The van der Waals surface area contributed by atoms with Crippen LogP contribution in [0, 0.1) is 6.92 Å². The van der Waals surface area contributed by atoms with Crippen molar-refractivity contribution in [1.82, 2.24) is 15.3 Å². The monoisotopic (exact) mass is 254 g/mol. The molecule has 0 radical (unpaired) electrons. The molecule has 0 spiro atoms. The summed E-state index contributed by atoms with van der Waals surface area (Å²) in [4.78, 5) is 32.4. The standard InChI is InChI=1S/C10H11ClN4O2/c1-5-8(11)12-4-13-9(5)15-3-7(16)14-10(17)6(15)2/h4,6H,3H2,1-2H3,(H,14,16,17). The van der Waals surface area contributed by atoms with E-state index in [9.17, 15) is 9.59 Å². The summed E-state index contributed by atoms with van der Waals surface area (Å²) in [5.74, 6) is -0.168. The highest BCUT2D eigenvalue weighted by Gasteiger charge is 2.32. The van der Waals surface area contributed by atoms with E-state index in [0.29, 0.717) is 16.5 Å². The number of imide groups is 1. The Morgan fingerprint density at radius 3 is 2.88 bits per heavy atom. The van der Waals surface area contributed by atoms with E-state index in [-0.39, 0.29) is 18.4 Å². The number of hydrogen-bond donors (Lipinski definition) is 1. The summed E-state index contributed by atoms with van der Waals surface area (Å²) < 4.78 is 0. The molecule has 1 aromatic heterocycles. The lowest BCUT2D eigenvalue weighted by Gasteiger charge is -2.33. The van der Waals surface area contributed by atoms with Gasteiger partial charge in [-0.15, -0.1) is 0 Å². The van der Waals surface area contributed by atoms with Gasteiger partial charge in [-0.1, -0.05) is 11.6 Å². The molecule has 1 saturated heterocycles. The summed E-state index contributed by atoms with van der Waals surface area (Å²) in [5.41, 5.74) is 0.656. The third-order valence-corrected chi connectivity index (χ3v) is 3.07. The van der Waals surface area contributed by atoms with Gasteiger partial charge in [0.15, 0.2) is 0 Å². The number of halogens is 1. The second-order valence-electron chi connectivity index (χ2n) is 3.83. The average molecular weight is 255 g/mol. The number of amides is 2. The highest BCUT2D eigenvalue weighted by molar-refractivity contribution is 6.30. The third-order valence-electron chi connectivity index (χ3n) is 2.69. The van der Waals surface area contributed by atoms with Crippen LogP contribution in [0.1, 0.15) is 12.5 Å². The maximum Gasteiger partial charge on any atom is 0.249 e. The number of nitrogens with zero attached hydrogens (tertiary/aromatic N) is 3. The lowest BCUT2D eigenvalue weighted by atomic mass is 10.2. The maximum atomic E-state index is 11.5. The molecule has 1 aliphatic heterocycles. The molecule has 1 unspecified atom stereocenters. The molecule has 0 bridgehead atoms. The van der Waals surface area contributed by atoms with E-state index in [2.05, 4.69) is 15.3 Å². The molecular formula is C10H11ClN4O2. The van der Waals surface area contributed by atoms with Crippen LogP contribution in [0.2, 0.25) is 5.15 Å². The minimum absolute atomic E-state index is 0.0844. The van der Waals surface area contributed by atoms with E-state index in [1.807, 2.05) is 0 Å². The molecule has 2 rings (SSSR count). The van der Waals surface area contributed by atoms with Gasteiger partial charge in [-0.2, -0.15) is 0 Å². The third kappa shape index (κ3) is 2.08. The van der Waals surface area contributed by atoms with E-state index in [4.69, 9.17) is 11.6 Å². The van der Waals surface area contributed by atoms with Crippen molar-refractivity contribution in [3.05, 3.63) is 17.0 Å². The number of rotatable bonds is 1. The highest BCUT2D eigenvalue weighted by atomic mass is 35.5. The summed E-state index contributed by atoms with van der Waals surface area (Å²) in [6.45, 7) is 3.54. The number of hydrogen-bond acceptors (Lipinski definition) is 5. The molecule has 1 atom stereocenters. The number of piperazine rings is 1. The van der Waals surface area contributed by atoms with Crippen LogP contribution in [0.3, 0.4) is 0 Å². The van der Waals surface area contributed by atoms with Gasteiger partial charge in [0, 0.05) is 5.56 Å². The van der Waals surface area contributed by atoms with Crippen molar-refractivity contribution in [2.24, 2.45) is 0 Å². The summed E-state index contributed by atoms with van der Waals surface area (Å²) in [5, 5.41) is 2.59. The Morgan fingerprint density at radius 1 is 1.47 bits per heavy atom. The van der Waals surface area contributed by atoms with Crippen LogP contribution >= 0.6 is 11.6 Å². The SMILES string of the molecule is Cc1c(Cl)ncnc1N1CC(=O)NC(=O)C1C. The molecule has 2 heterocycles. The smallest absolute Gasteiger partial charge is 0.249 e. The Labute approximate surface area is 103 Å². The van der Waals surface area contributed by atoms with Crippen molar-refractivity contribution in [3.8, 4) is 0 Å². The van der Waals surface area contributed by atoms with Gasteiger partial charge in [0.1, 0.15) is 23.3 Å². The fraction of sp³-hybridized carbons (Fsp3) is 0.400. The molecule has 1 aromatic rings. The minimum atomic E-state index is -0.461. The molecule has 0 aliphatic carbocycles. The fourth-order valence-electron chi connectivity index (χ4n) is 1.68. The van der Waals surface area contributed by atoms with Crippen molar-refractivity contribution in [2.45, 2.75) is 19.9 Å². The number of carbonyl (C=O) groups excluding carboxylic acids is 2. The summed E-state index contributed by atoms with van der Waals surface area (Å²) >= 11 is 5.89. The van der Waals surface area contributed by atoms with Gasteiger partial charge in [0.05, 0.1) is 6.54 Å².